The Labute approximate surface area is 199 Å². The Morgan fingerprint density at radius 2 is 1.00 bits per heavy atom. The molecule has 5 nitrogen and oxygen atoms in total. The van der Waals surface area contributed by atoms with E-state index in [1.165, 1.54) is 44.9 Å². The van der Waals surface area contributed by atoms with Crippen LogP contribution in [-0.2, 0) is 6.54 Å². The average Bonchev–Trinajstić information content (AvgIpc) is 2.96. The van der Waals surface area contributed by atoms with Gasteiger partial charge in [0.25, 0.3) is 11.1 Å². The molecule has 0 unspecified atom stereocenters. The second-order valence-corrected chi connectivity index (χ2v) is 9.45. The predicted molar refractivity (Wildman–Crippen MR) is 137 cm³/mol. The highest BCUT2D eigenvalue weighted by Gasteiger charge is 2.34. The molecule has 0 saturated heterocycles. The van der Waals surface area contributed by atoms with Crippen LogP contribution in [0.25, 0.3) is 21.5 Å². The van der Waals surface area contributed by atoms with E-state index in [9.17, 15) is 19.2 Å². The number of Topliss-reactive ketones (excluding diaryl/α,β-unsaturated/α-hetero) is 2. The van der Waals surface area contributed by atoms with Gasteiger partial charge in [0.15, 0.2) is 0 Å². The minimum atomic E-state index is -0.863. The molecular weight excluding hydrogens is 426 g/mol. The van der Waals surface area contributed by atoms with Crippen molar-refractivity contribution in [2.45, 2.75) is 84.1 Å². The Hall–Kier alpha value is -3.08. The van der Waals surface area contributed by atoms with E-state index in [0.717, 1.165) is 34.6 Å². The maximum absolute atomic E-state index is 13.3. The summed E-state index contributed by atoms with van der Waals surface area (Å²) >= 11 is 0. The molecule has 0 saturated carbocycles. The van der Waals surface area contributed by atoms with E-state index < -0.39 is 22.7 Å². The second-order valence-electron chi connectivity index (χ2n) is 9.45. The fourth-order valence-electron chi connectivity index (χ4n) is 5.05. The zero-order chi connectivity index (χ0) is 24.1. The van der Waals surface area contributed by atoms with Crippen molar-refractivity contribution in [2.75, 3.05) is 0 Å². The summed E-state index contributed by atoms with van der Waals surface area (Å²) in [6, 6.07) is 11.0. The van der Waals surface area contributed by atoms with Gasteiger partial charge in [0.05, 0.1) is 11.1 Å². The van der Waals surface area contributed by atoms with E-state index in [2.05, 4.69) is 6.92 Å². The molecule has 1 aliphatic heterocycles. The molecule has 2 aliphatic rings. The van der Waals surface area contributed by atoms with E-state index in [4.69, 9.17) is 0 Å². The molecule has 178 valence electrons. The van der Waals surface area contributed by atoms with Crippen molar-refractivity contribution in [1.82, 2.24) is 4.57 Å². The summed E-state index contributed by atoms with van der Waals surface area (Å²) in [6.07, 6.45) is 12.8. The molecule has 2 bridgehead atoms. The van der Waals surface area contributed by atoms with E-state index in [1.54, 1.807) is 12.1 Å². The number of ketones is 2. The first-order chi connectivity index (χ1) is 16.5. The van der Waals surface area contributed by atoms with Crippen LogP contribution in [0, 0.1) is 0 Å². The largest absolute Gasteiger partial charge is 0.285 e. The maximum atomic E-state index is 13.3. The highest BCUT2D eigenvalue weighted by molar-refractivity contribution is 6.54. The highest BCUT2D eigenvalue weighted by Crippen LogP contribution is 2.29. The lowest BCUT2D eigenvalue weighted by molar-refractivity contribution is 0.0817. The third kappa shape index (κ3) is 4.75. The zero-order valence-electron chi connectivity index (χ0n) is 20.0. The molecule has 3 aromatic rings. The quantitative estimate of drug-likeness (QED) is 0.239. The van der Waals surface area contributed by atoms with Gasteiger partial charge in [-0.15, -0.1) is 0 Å². The molecule has 0 fully saturated rings. The molecule has 34 heavy (non-hydrogen) atoms. The van der Waals surface area contributed by atoms with Gasteiger partial charge in [-0.1, -0.05) is 95.4 Å². The van der Waals surface area contributed by atoms with Gasteiger partial charge in [-0.2, -0.15) is 0 Å². The normalized spacial score (nSPS) is 12.9. The number of carbonyl (C=O) groups is 2. The van der Waals surface area contributed by atoms with E-state index in [-0.39, 0.29) is 17.7 Å². The molecule has 5 rings (SSSR count). The van der Waals surface area contributed by atoms with Gasteiger partial charge in [-0.25, -0.2) is 0 Å². The summed E-state index contributed by atoms with van der Waals surface area (Å²) in [5.41, 5.74) is -1.61. The number of hydrogen-bond acceptors (Lipinski definition) is 4. The van der Waals surface area contributed by atoms with Crippen LogP contribution < -0.4 is 11.1 Å². The van der Waals surface area contributed by atoms with Gasteiger partial charge < -0.3 is 0 Å². The topological polar surface area (TPSA) is 73.2 Å². The Bertz CT molecular complexity index is 1260. The number of unbranched alkanes of at least 4 members (excludes halogenated alkanes) is 10. The maximum Gasteiger partial charge on any atom is 0.265 e. The second kappa shape index (κ2) is 10.9. The van der Waals surface area contributed by atoms with Gasteiger partial charge in [-0.05, 0) is 29.3 Å². The number of carbonyl (C=O) groups excluding carboxylic acids is 2. The smallest absolute Gasteiger partial charge is 0.265 e. The van der Waals surface area contributed by atoms with Crippen LogP contribution >= 0.6 is 0 Å². The van der Waals surface area contributed by atoms with E-state index in [0.29, 0.717) is 17.2 Å². The summed E-state index contributed by atoms with van der Waals surface area (Å²) in [5, 5.41) is 2.52. The number of nitrogens with zero attached hydrogens (tertiary/aromatic N) is 1. The number of rotatable bonds is 12. The summed E-state index contributed by atoms with van der Waals surface area (Å²) in [7, 11) is 0. The Balaban J connectivity index is 1.50. The molecule has 0 N–H and O–H groups in total. The standard InChI is InChI=1S/C29H33NO4/c1-2-3-4-5-6-7-8-9-10-11-14-17-30-28(33)24-22-18-20-15-12-13-16-21(20)19-23(22)25(29(30)34)27(32)26(24)31/h12-13,15-16,18-19H,2-11,14,17H2,1H3. The van der Waals surface area contributed by atoms with Crippen molar-refractivity contribution >= 4 is 33.1 Å². The van der Waals surface area contributed by atoms with Crippen LogP contribution in [0.4, 0.5) is 0 Å². The molecule has 2 heterocycles. The van der Waals surface area contributed by atoms with Crippen molar-refractivity contribution < 1.29 is 9.59 Å². The first-order valence-electron chi connectivity index (χ1n) is 12.8. The van der Waals surface area contributed by atoms with E-state index in [1.807, 2.05) is 24.3 Å². The Kier molecular flexibility index (Phi) is 7.71. The van der Waals surface area contributed by atoms with E-state index >= 15 is 0 Å². The predicted octanol–water partition coefficient (Wildman–Crippen LogP) is 6.20. The molecule has 1 aromatic heterocycles. The van der Waals surface area contributed by atoms with Gasteiger partial charge in [-0.3, -0.25) is 23.7 Å². The summed E-state index contributed by atoms with van der Waals surface area (Å²) in [4.78, 5) is 52.0. The minimum absolute atomic E-state index is 0.163. The Morgan fingerprint density at radius 3 is 1.44 bits per heavy atom. The summed E-state index contributed by atoms with van der Waals surface area (Å²) in [6.45, 7) is 2.46. The molecular formula is C29H33NO4. The van der Waals surface area contributed by atoms with Gasteiger partial charge in [0.2, 0.25) is 11.6 Å². The third-order valence-electron chi connectivity index (χ3n) is 6.99. The first-order valence-corrected chi connectivity index (χ1v) is 12.8. The van der Waals surface area contributed by atoms with Gasteiger partial charge in [0.1, 0.15) is 0 Å². The monoisotopic (exact) mass is 459 g/mol. The van der Waals surface area contributed by atoms with Gasteiger partial charge >= 0.3 is 0 Å². The lowest BCUT2D eigenvalue weighted by Gasteiger charge is -2.09. The summed E-state index contributed by atoms with van der Waals surface area (Å²) < 4.78 is 1.12. The summed E-state index contributed by atoms with van der Waals surface area (Å²) in [5.74, 6) is -1.73. The molecule has 0 radical (unpaired) electrons. The number of fused-ring (bicyclic) bond motifs is 4. The average molecular weight is 460 g/mol. The minimum Gasteiger partial charge on any atom is -0.285 e. The van der Waals surface area contributed by atoms with Crippen LogP contribution in [0.5, 0.6) is 0 Å². The third-order valence-corrected chi connectivity index (χ3v) is 6.99. The molecule has 0 amide bonds. The fourth-order valence-corrected chi connectivity index (χ4v) is 5.05. The van der Waals surface area contributed by atoms with Gasteiger partial charge in [0, 0.05) is 17.3 Å². The van der Waals surface area contributed by atoms with Crippen LogP contribution in [-0.4, -0.2) is 16.1 Å². The van der Waals surface area contributed by atoms with Crippen molar-refractivity contribution in [2.24, 2.45) is 0 Å². The molecule has 0 spiro atoms. The zero-order valence-corrected chi connectivity index (χ0v) is 20.0. The van der Waals surface area contributed by atoms with Crippen molar-refractivity contribution in [3.8, 4) is 0 Å². The van der Waals surface area contributed by atoms with Crippen LogP contribution in [0.3, 0.4) is 0 Å². The van der Waals surface area contributed by atoms with Crippen molar-refractivity contribution in [3.05, 3.63) is 68.2 Å². The highest BCUT2D eigenvalue weighted by atomic mass is 16.2. The molecule has 1 aliphatic carbocycles. The fraction of sp³-hybridized carbons (Fsp3) is 0.448. The molecule has 0 atom stereocenters. The van der Waals surface area contributed by atoms with Crippen molar-refractivity contribution in [1.29, 1.82) is 0 Å². The van der Waals surface area contributed by atoms with Crippen LogP contribution in [0.2, 0.25) is 0 Å². The molecule has 2 aromatic carbocycles. The first kappa shape index (κ1) is 24.1. The lowest BCUT2D eigenvalue weighted by atomic mass is 9.90. The van der Waals surface area contributed by atoms with Crippen LogP contribution in [0.15, 0.2) is 46.0 Å². The Morgan fingerprint density at radius 1 is 0.588 bits per heavy atom. The SMILES string of the molecule is CCCCCCCCCCCCCn1c(=O)c2c3cc4ccccc4cc3c(c1=O)C(=O)C2=O. The lowest BCUT2D eigenvalue weighted by Crippen LogP contribution is -2.31. The number of hydrogen-bond donors (Lipinski definition) is 0. The van der Waals surface area contributed by atoms with Crippen molar-refractivity contribution in [3.63, 3.8) is 0 Å². The van der Waals surface area contributed by atoms with Crippen LogP contribution in [0.1, 0.15) is 98.3 Å². The number of aromatic nitrogens is 1. The number of benzene rings is 2. The molecule has 5 heteroatoms.